The maximum absolute atomic E-state index is 6.52. The zero-order chi connectivity index (χ0) is 42.6. The Morgan fingerprint density at radius 1 is 0.492 bits per heavy atom. The van der Waals surface area contributed by atoms with Gasteiger partial charge in [-0.2, -0.15) is 0 Å². The van der Waals surface area contributed by atoms with Crippen molar-refractivity contribution in [2.24, 2.45) is 5.92 Å². The van der Waals surface area contributed by atoms with Crippen LogP contribution >= 0.6 is 11.3 Å². The van der Waals surface area contributed by atoms with E-state index < -0.39 is 0 Å². The van der Waals surface area contributed by atoms with Crippen molar-refractivity contribution >= 4 is 76.3 Å². The van der Waals surface area contributed by atoms with Crippen molar-refractivity contribution in [3.63, 3.8) is 0 Å². The lowest BCUT2D eigenvalue weighted by Crippen LogP contribution is -2.28. The summed E-state index contributed by atoms with van der Waals surface area (Å²) in [6, 6.07) is 73.8. The molecule has 306 valence electrons. The van der Waals surface area contributed by atoms with E-state index in [1.807, 2.05) is 11.3 Å². The Balaban J connectivity index is 1.05. The molecule has 0 saturated carbocycles. The molecule has 0 amide bonds. The van der Waals surface area contributed by atoms with Gasteiger partial charge in [0.1, 0.15) is 0 Å². The van der Waals surface area contributed by atoms with Gasteiger partial charge in [0.2, 0.25) is 0 Å². The summed E-state index contributed by atoms with van der Waals surface area (Å²) in [4.78, 5) is 4.89. The second-order valence-electron chi connectivity index (χ2n) is 17.6. The Hall–Kier alpha value is -7.92. The van der Waals surface area contributed by atoms with Gasteiger partial charge >= 0.3 is 0 Å². The summed E-state index contributed by atoms with van der Waals surface area (Å²) >= 11 is 1.87. The summed E-state index contributed by atoms with van der Waals surface area (Å²) in [5, 5.41) is 5.11. The molecule has 0 saturated heterocycles. The van der Waals surface area contributed by atoms with Crippen molar-refractivity contribution in [2.45, 2.75) is 12.3 Å². The van der Waals surface area contributed by atoms with Crippen LogP contribution < -0.4 is 14.5 Å². The van der Waals surface area contributed by atoms with Gasteiger partial charge < -0.3 is 14.5 Å². The Bertz CT molecular complexity index is 3630. The summed E-state index contributed by atoms with van der Waals surface area (Å²) in [5.74, 6) is 1.76. The molecule has 0 fully saturated rings. The maximum atomic E-state index is 6.52. The average molecular weight is 849 g/mol. The van der Waals surface area contributed by atoms with Gasteiger partial charge in [-0.3, -0.25) is 0 Å². The van der Waals surface area contributed by atoms with Crippen molar-refractivity contribution in [3.05, 3.63) is 263 Å². The van der Waals surface area contributed by atoms with Crippen LogP contribution in [0.4, 0.5) is 28.4 Å². The van der Waals surface area contributed by atoms with E-state index in [1.54, 1.807) is 0 Å². The predicted octanol–water partition coefficient (Wildman–Crippen LogP) is 16.5. The number of allylic oxidation sites excluding steroid dienone is 4. The highest BCUT2D eigenvalue weighted by Crippen LogP contribution is 2.56. The van der Waals surface area contributed by atoms with Crippen LogP contribution in [0.2, 0.25) is 0 Å². The van der Waals surface area contributed by atoms with Gasteiger partial charge in [-0.1, -0.05) is 146 Å². The first kappa shape index (κ1) is 36.6. The summed E-state index contributed by atoms with van der Waals surface area (Å²) in [5.41, 5.74) is 17.3. The number of para-hydroxylation sites is 6. The minimum atomic E-state index is 0.0329. The van der Waals surface area contributed by atoms with E-state index in [9.17, 15) is 0 Å². The van der Waals surface area contributed by atoms with Crippen LogP contribution in [-0.4, -0.2) is 0 Å². The number of benzene rings is 9. The molecule has 4 heteroatoms. The van der Waals surface area contributed by atoms with E-state index >= 15 is 0 Å². The van der Waals surface area contributed by atoms with Gasteiger partial charge in [0, 0.05) is 61.2 Å². The number of nitrogens with zero attached hydrogens (tertiary/aromatic N) is 2. The highest BCUT2D eigenvalue weighted by Gasteiger charge is 2.39. The van der Waals surface area contributed by atoms with Gasteiger partial charge in [0.05, 0.1) is 11.4 Å². The summed E-state index contributed by atoms with van der Waals surface area (Å²) in [6.45, 7) is 0. The first-order chi connectivity index (χ1) is 32.2. The Morgan fingerprint density at radius 2 is 1.15 bits per heavy atom. The number of fused-ring (bicyclic) bond motifs is 10. The smallest absolute Gasteiger partial charge is 0.151 e. The molecule has 2 aliphatic heterocycles. The fourth-order valence-corrected chi connectivity index (χ4v) is 12.2. The molecule has 0 bridgehead atoms. The average Bonchev–Trinajstić information content (AvgIpc) is 3.74. The van der Waals surface area contributed by atoms with E-state index in [4.69, 9.17) is 4.74 Å². The van der Waals surface area contributed by atoms with Crippen LogP contribution in [0.15, 0.2) is 230 Å². The standard InChI is InChI=1S/C61H40N2OS/c1-2-14-39-33-42(26-25-38(39)13-1)60-47-31-29-45(63-54-20-8-10-22-56(54)64-57-23-11-9-21-55(57)63)37-51(47)61(43-27-32-59-49(35-43)46-17-5-12-24-58(46)65-59)48-30-28-44(36-50(48)60)62-52-18-6-3-15-40(52)34-41-16-4-7-19-53(41)62/h1-33,35-37,50,60H,34H2. The molecule has 0 radical (unpaired) electrons. The number of hydrogen-bond donors (Lipinski definition) is 0. The fraction of sp³-hybridized carbons (Fsp3) is 0.0492. The molecular weight excluding hydrogens is 809 g/mol. The third-order valence-electron chi connectivity index (χ3n) is 14.0. The third kappa shape index (κ3) is 5.67. The maximum Gasteiger partial charge on any atom is 0.151 e. The van der Waals surface area contributed by atoms with Crippen LogP contribution in [0.3, 0.4) is 0 Å². The molecule has 0 spiro atoms. The lowest BCUT2D eigenvalue weighted by Gasteiger charge is -2.41. The first-order valence-corrected chi connectivity index (χ1v) is 23.3. The summed E-state index contributed by atoms with van der Waals surface area (Å²) < 4.78 is 9.14. The summed E-state index contributed by atoms with van der Waals surface area (Å²) in [7, 11) is 0. The zero-order valence-corrected chi connectivity index (χ0v) is 36.2. The van der Waals surface area contributed by atoms with Gasteiger partial charge in [-0.05, 0) is 128 Å². The fourth-order valence-electron chi connectivity index (χ4n) is 11.2. The SMILES string of the molecule is C1=CC2=C(c3ccc4sc5ccccc5c4c3)c3cc(N4c5ccccc5Oc5ccccc54)ccc3C(c3ccc4ccccc4c3)C2C=C1N1c2ccccc2Cc2ccccc21. The monoisotopic (exact) mass is 848 g/mol. The lowest BCUT2D eigenvalue weighted by molar-refractivity contribution is 0.477. The Labute approximate surface area is 381 Å². The number of rotatable bonds is 4. The molecule has 0 N–H and O–H groups in total. The lowest BCUT2D eigenvalue weighted by atomic mass is 9.66. The van der Waals surface area contributed by atoms with Crippen LogP contribution in [-0.2, 0) is 6.42 Å². The predicted molar refractivity (Wildman–Crippen MR) is 271 cm³/mol. The first-order valence-electron chi connectivity index (χ1n) is 22.5. The zero-order valence-electron chi connectivity index (χ0n) is 35.4. The molecule has 14 rings (SSSR count). The van der Waals surface area contributed by atoms with Gasteiger partial charge in [-0.25, -0.2) is 0 Å². The molecule has 1 aromatic heterocycles. The number of anilines is 5. The minimum Gasteiger partial charge on any atom is -0.453 e. The second kappa shape index (κ2) is 14.3. The quantitative estimate of drug-likeness (QED) is 0.175. The molecule has 65 heavy (non-hydrogen) atoms. The minimum absolute atomic E-state index is 0.0329. The summed E-state index contributed by atoms with van der Waals surface area (Å²) in [6.07, 6.45) is 8.34. The van der Waals surface area contributed by atoms with Crippen molar-refractivity contribution < 1.29 is 4.74 Å². The van der Waals surface area contributed by atoms with Crippen molar-refractivity contribution in [3.8, 4) is 11.5 Å². The van der Waals surface area contributed by atoms with E-state index in [2.05, 4.69) is 228 Å². The molecule has 2 aliphatic carbocycles. The van der Waals surface area contributed by atoms with Gasteiger partial charge in [0.15, 0.2) is 11.5 Å². The molecule has 2 unspecified atom stereocenters. The molecule has 9 aromatic carbocycles. The van der Waals surface area contributed by atoms with Crippen LogP contribution in [0.1, 0.15) is 39.3 Å². The van der Waals surface area contributed by atoms with Crippen molar-refractivity contribution in [1.82, 2.24) is 0 Å². The van der Waals surface area contributed by atoms with Crippen LogP contribution in [0.5, 0.6) is 11.5 Å². The molecule has 4 aliphatic rings. The number of hydrogen-bond acceptors (Lipinski definition) is 4. The molecule has 3 heterocycles. The highest BCUT2D eigenvalue weighted by atomic mass is 32.1. The van der Waals surface area contributed by atoms with E-state index in [0.29, 0.717) is 0 Å². The topological polar surface area (TPSA) is 15.7 Å². The van der Waals surface area contributed by atoms with Crippen molar-refractivity contribution in [1.29, 1.82) is 0 Å². The second-order valence-corrected chi connectivity index (χ2v) is 18.7. The van der Waals surface area contributed by atoms with Crippen LogP contribution in [0, 0.1) is 5.92 Å². The molecule has 10 aromatic rings. The number of thiophene rings is 1. The Kier molecular flexibility index (Phi) is 8.04. The molecular formula is C61H40N2OS. The molecule has 2 atom stereocenters. The van der Waals surface area contributed by atoms with Crippen molar-refractivity contribution in [2.75, 3.05) is 9.80 Å². The third-order valence-corrected chi connectivity index (χ3v) is 15.2. The molecule has 3 nitrogen and oxygen atoms in total. The van der Waals surface area contributed by atoms with E-state index in [-0.39, 0.29) is 11.8 Å². The van der Waals surface area contributed by atoms with Gasteiger partial charge in [-0.15, -0.1) is 11.3 Å². The number of ether oxygens (including phenoxy) is 1. The van der Waals surface area contributed by atoms with E-state index in [0.717, 1.165) is 35.0 Å². The normalized spacial score (nSPS) is 16.9. The van der Waals surface area contributed by atoms with Crippen LogP contribution in [0.25, 0.3) is 36.5 Å². The Morgan fingerprint density at radius 3 is 1.94 bits per heavy atom. The van der Waals surface area contributed by atoms with E-state index in [1.165, 1.54) is 92.5 Å². The highest BCUT2D eigenvalue weighted by molar-refractivity contribution is 7.25. The largest absolute Gasteiger partial charge is 0.453 e. The van der Waals surface area contributed by atoms with Gasteiger partial charge in [0.25, 0.3) is 0 Å².